The SMILES string of the molecule is CCn1cc[n+](CC(C)(C)C)c1. The minimum Gasteiger partial charge on any atom is -0.237 e. The average molecular weight is 167 g/mol. The Morgan fingerprint density at radius 2 is 2.00 bits per heavy atom. The van der Waals surface area contributed by atoms with E-state index in [0.29, 0.717) is 5.41 Å². The molecule has 1 aromatic heterocycles. The van der Waals surface area contributed by atoms with Gasteiger partial charge in [-0.2, -0.15) is 0 Å². The van der Waals surface area contributed by atoms with E-state index >= 15 is 0 Å². The summed E-state index contributed by atoms with van der Waals surface area (Å²) in [5, 5.41) is 0. The van der Waals surface area contributed by atoms with Crippen molar-refractivity contribution in [2.24, 2.45) is 5.41 Å². The van der Waals surface area contributed by atoms with E-state index in [0.717, 1.165) is 13.1 Å². The van der Waals surface area contributed by atoms with Crippen molar-refractivity contribution >= 4 is 0 Å². The maximum Gasteiger partial charge on any atom is 0.243 e. The van der Waals surface area contributed by atoms with Crippen LogP contribution in [0.25, 0.3) is 0 Å². The molecule has 0 saturated heterocycles. The predicted octanol–water partition coefficient (Wildman–Crippen LogP) is 1.84. The molecule has 12 heavy (non-hydrogen) atoms. The molecular weight excluding hydrogens is 148 g/mol. The molecule has 0 unspecified atom stereocenters. The third-order valence-electron chi connectivity index (χ3n) is 1.77. The molecule has 1 rings (SSSR count). The highest BCUT2D eigenvalue weighted by molar-refractivity contribution is 4.65. The van der Waals surface area contributed by atoms with Crippen LogP contribution in [0.2, 0.25) is 0 Å². The fourth-order valence-corrected chi connectivity index (χ4v) is 1.27. The molecule has 0 bridgehead atoms. The maximum absolute atomic E-state index is 2.25. The van der Waals surface area contributed by atoms with Crippen LogP contribution in [0.1, 0.15) is 27.7 Å². The van der Waals surface area contributed by atoms with Crippen LogP contribution in [0.15, 0.2) is 18.7 Å². The zero-order valence-corrected chi connectivity index (χ0v) is 8.54. The highest BCUT2D eigenvalue weighted by Crippen LogP contribution is 2.11. The summed E-state index contributed by atoms with van der Waals surface area (Å²) >= 11 is 0. The molecule has 2 heteroatoms. The van der Waals surface area contributed by atoms with Crippen LogP contribution >= 0.6 is 0 Å². The standard InChI is InChI=1S/C10H19N2/c1-5-11-6-7-12(9-11)8-10(2,3)4/h6-7,9H,5,8H2,1-4H3/q+1. The lowest BCUT2D eigenvalue weighted by Crippen LogP contribution is -2.38. The minimum atomic E-state index is 0.366. The summed E-state index contributed by atoms with van der Waals surface area (Å²) in [6.07, 6.45) is 6.41. The van der Waals surface area contributed by atoms with Gasteiger partial charge in [-0.15, -0.1) is 0 Å². The average Bonchev–Trinajstić information content (AvgIpc) is 2.32. The maximum atomic E-state index is 2.25. The van der Waals surface area contributed by atoms with Gasteiger partial charge in [0.15, 0.2) is 0 Å². The van der Waals surface area contributed by atoms with Crippen LogP contribution in [0.5, 0.6) is 0 Å². The summed E-state index contributed by atoms with van der Waals surface area (Å²) in [5.41, 5.74) is 0.366. The van der Waals surface area contributed by atoms with Crippen molar-refractivity contribution in [3.63, 3.8) is 0 Å². The lowest BCUT2D eigenvalue weighted by molar-refractivity contribution is -0.707. The van der Waals surface area contributed by atoms with Crippen LogP contribution in [-0.4, -0.2) is 4.57 Å². The Labute approximate surface area is 74.8 Å². The fraction of sp³-hybridized carbons (Fsp3) is 0.700. The molecular formula is C10H19N2+. The first-order valence-corrected chi connectivity index (χ1v) is 4.56. The van der Waals surface area contributed by atoms with E-state index in [1.54, 1.807) is 0 Å². The highest BCUT2D eigenvalue weighted by atomic mass is 15.1. The summed E-state index contributed by atoms with van der Waals surface area (Å²) < 4.78 is 4.43. The molecule has 0 fully saturated rings. The number of hydrogen-bond acceptors (Lipinski definition) is 0. The van der Waals surface area contributed by atoms with E-state index in [1.807, 2.05) is 0 Å². The Kier molecular flexibility index (Phi) is 2.55. The molecule has 0 N–H and O–H groups in total. The molecule has 0 aromatic carbocycles. The molecule has 0 atom stereocenters. The third kappa shape index (κ3) is 2.68. The van der Waals surface area contributed by atoms with Crippen molar-refractivity contribution in [3.8, 4) is 0 Å². The second kappa shape index (κ2) is 3.30. The number of imidazole rings is 1. The van der Waals surface area contributed by atoms with Crippen molar-refractivity contribution in [1.29, 1.82) is 0 Å². The van der Waals surface area contributed by atoms with E-state index < -0.39 is 0 Å². The van der Waals surface area contributed by atoms with Crippen LogP contribution in [0, 0.1) is 5.41 Å². The Bertz CT molecular complexity index is 243. The van der Waals surface area contributed by atoms with Crippen molar-refractivity contribution < 1.29 is 4.57 Å². The Morgan fingerprint density at radius 3 is 2.42 bits per heavy atom. The van der Waals surface area contributed by atoms with Gasteiger partial charge in [-0.1, -0.05) is 20.8 Å². The molecule has 0 aliphatic rings. The van der Waals surface area contributed by atoms with Gasteiger partial charge < -0.3 is 0 Å². The van der Waals surface area contributed by atoms with Crippen LogP contribution in [0.4, 0.5) is 0 Å². The first-order chi connectivity index (χ1) is 5.51. The topological polar surface area (TPSA) is 8.81 Å². The number of nitrogens with zero attached hydrogens (tertiary/aromatic N) is 2. The molecule has 0 aliphatic carbocycles. The van der Waals surface area contributed by atoms with Gasteiger partial charge in [0, 0.05) is 0 Å². The van der Waals surface area contributed by atoms with Gasteiger partial charge in [0.25, 0.3) is 0 Å². The highest BCUT2D eigenvalue weighted by Gasteiger charge is 2.14. The first-order valence-electron chi connectivity index (χ1n) is 4.56. The van der Waals surface area contributed by atoms with Crippen LogP contribution in [-0.2, 0) is 13.1 Å². The van der Waals surface area contributed by atoms with Gasteiger partial charge in [-0.25, -0.2) is 9.13 Å². The molecule has 0 aliphatic heterocycles. The number of aryl methyl sites for hydroxylation is 1. The smallest absolute Gasteiger partial charge is 0.237 e. The van der Waals surface area contributed by atoms with Crippen molar-refractivity contribution in [2.75, 3.05) is 0 Å². The molecule has 0 radical (unpaired) electrons. The molecule has 1 aromatic rings. The largest absolute Gasteiger partial charge is 0.243 e. The minimum absolute atomic E-state index is 0.366. The molecule has 0 spiro atoms. The second-order valence-electron chi connectivity index (χ2n) is 4.48. The van der Waals surface area contributed by atoms with Crippen molar-refractivity contribution in [2.45, 2.75) is 40.8 Å². The monoisotopic (exact) mass is 167 g/mol. The van der Waals surface area contributed by atoms with Gasteiger partial charge in [0.05, 0.1) is 13.1 Å². The molecule has 2 nitrogen and oxygen atoms in total. The lowest BCUT2D eigenvalue weighted by atomic mass is 9.97. The number of rotatable bonds is 2. The Balaban J connectivity index is 2.64. The van der Waals surface area contributed by atoms with Gasteiger partial charge in [0.2, 0.25) is 6.33 Å². The summed E-state index contributed by atoms with van der Waals surface area (Å²) in [7, 11) is 0. The van der Waals surface area contributed by atoms with Gasteiger partial charge in [0.1, 0.15) is 12.4 Å². The van der Waals surface area contributed by atoms with E-state index in [2.05, 4.69) is 55.6 Å². The molecule has 68 valence electrons. The Hall–Kier alpha value is -0.790. The summed E-state index contributed by atoms with van der Waals surface area (Å²) in [4.78, 5) is 0. The Morgan fingerprint density at radius 1 is 1.33 bits per heavy atom. The van der Waals surface area contributed by atoms with Gasteiger partial charge in [-0.05, 0) is 12.3 Å². The summed E-state index contributed by atoms with van der Waals surface area (Å²) in [6.45, 7) is 11.1. The molecule has 0 saturated carbocycles. The second-order valence-corrected chi connectivity index (χ2v) is 4.48. The van der Waals surface area contributed by atoms with Gasteiger partial charge in [-0.3, -0.25) is 0 Å². The van der Waals surface area contributed by atoms with Crippen LogP contribution in [0.3, 0.4) is 0 Å². The van der Waals surface area contributed by atoms with E-state index in [9.17, 15) is 0 Å². The first kappa shape index (κ1) is 9.30. The lowest BCUT2D eigenvalue weighted by Gasteiger charge is -2.14. The fourth-order valence-electron chi connectivity index (χ4n) is 1.27. The third-order valence-corrected chi connectivity index (χ3v) is 1.77. The zero-order valence-electron chi connectivity index (χ0n) is 8.54. The van der Waals surface area contributed by atoms with Crippen molar-refractivity contribution in [3.05, 3.63) is 18.7 Å². The quantitative estimate of drug-likeness (QED) is 0.594. The number of hydrogen-bond donors (Lipinski definition) is 0. The van der Waals surface area contributed by atoms with Crippen molar-refractivity contribution in [1.82, 2.24) is 4.57 Å². The predicted molar refractivity (Wildman–Crippen MR) is 49.8 cm³/mol. The van der Waals surface area contributed by atoms with E-state index in [4.69, 9.17) is 0 Å². The van der Waals surface area contributed by atoms with Gasteiger partial charge >= 0.3 is 0 Å². The van der Waals surface area contributed by atoms with E-state index in [1.165, 1.54) is 0 Å². The molecule has 1 heterocycles. The summed E-state index contributed by atoms with van der Waals surface area (Å²) in [6, 6.07) is 0. The normalized spacial score (nSPS) is 12.0. The van der Waals surface area contributed by atoms with Crippen LogP contribution < -0.4 is 4.57 Å². The summed E-state index contributed by atoms with van der Waals surface area (Å²) in [5.74, 6) is 0. The molecule has 0 amide bonds. The number of aromatic nitrogens is 2. The zero-order chi connectivity index (χ0) is 9.19. The van der Waals surface area contributed by atoms with E-state index in [-0.39, 0.29) is 0 Å².